The van der Waals surface area contributed by atoms with E-state index in [1.165, 1.54) is 37.9 Å². The second-order valence-electron chi connectivity index (χ2n) is 8.80. The highest BCUT2D eigenvalue weighted by Gasteiger charge is 2.49. The van der Waals surface area contributed by atoms with Crippen LogP contribution >= 0.6 is 0 Å². The number of hydrogen-bond acceptors (Lipinski definition) is 3. The molecule has 3 nitrogen and oxygen atoms in total. The second kappa shape index (κ2) is 6.91. The molecule has 2 saturated heterocycles. The van der Waals surface area contributed by atoms with Crippen molar-refractivity contribution in [3.63, 3.8) is 0 Å². The summed E-state index contributed by atoms with van der Waals surface area (Å²) in [6.45, 7) is 9.80. The lowest BCUT2D eigenvalue weighted by molar-refractivity contribution is -0.169. The average Bonchev–Trinajstić information content (AvgIpc) is 2.62. The van der Waals surface area contributed by atoms with Gasteiger partial charge in [0.25, 0.3) is 0 Å². The zero-order valence-corrected chi connectivity index (χ0v) is 16.4. The zero-order chi connectivity index (χ0) is 18.2. The van der Waals surface area contributed by atoms with Crippen LogP contribution in [-0.4, -0.2) is 35.7 Å². The lowest BCUT2D eigenvalue weighted by Crippen LogP contribution is -2.50. The van der Waals surface area contributed by atoms with Crippen LogP contribution in [0.15, 0.2) is 24.3 Å². The van der Waals surface area contributed by atoms with Crippen molar-refractivity contribution in [2.75, 3.05) is 19.6 Å². The van der Waals surface area contributed by atoms with Gasteiger partial charge in [-0.05, 0) is 65.6 Å². The minimum absolute atomic E-state index is 0.0676. The first-order chi connectivity index (χ1) is 12.5. The molecule has 1 aromatic carbocycles. The Bertz CT molecular complexity index is 710. The smallest absolute Gasteiger partial charge is 0.126 e. The fourth-order valence-electron chi connectivity index (χ4n) is 4.71. The number of fused-ring (bicyclic) bond motifs is 3. The van der Waals surface area contributed by atoms with Crippen molar-refractivity contribution in [1.29, 1.82) is 0 Å². The van der Waals surface area contributed by atoms with Crippen LogP contribution < -0.4 is 4.74 Å². The summed E-state index contributed by atoms with van der Waals surface area (Å²) in [5.41, 5.74) is 0.611. The summed E-state index contributed by atoms with van der Waals surface area (Å²) in [5, 5.41) is 0. The van der Waals surface area contributed by atoms with E-state index in [1.54, 1.807) is 0 Å². The number of para-hydroxylation sites is 1. The molecule has 0 unspecified atom stereocenters. The molecule has 1 aromatic rings. The van der Waals surface area contributed by atoms with Gasteiger partial charge in [0.15, 0.2) is 0 Å². The van der Waals surface area contributed by atoms with E-state index in [0.29, 0.717) is 5.92 Å². The van der Waals surface area contributed by atoms with Gasteiger partial charge in [0.1, 0.15) is 17.0 Å². The maximum Gasteiger partial charge on any atom is 0.126 e. The first kappa shape index (κ1) is 17.9. The molecular formula is C23H31NO2. The van der Waals surface area contributed by atoms with Crippen LogP contribution in [0.1, 0.15) is 64.5 Å². The Hall–Kier alpha value is -1.50. The molecule has 3 heteroatoms. The molecule has 3 aliphatic heterocycles. The summed E-state index contributed by atoms with van der Waals surface area (Å²) >= 11 is 0. The number of hydrogen-bond donors (Lipinski definition) is 0. The van der Waals surface area contributed by atoms with E-state index in [2.05, 4.69) is 55.7 Å². The molecule has 3 aliphatic rings. The highest BCUT2D eigenvalue weighted by atomic mass is 16.5. The summed E-state index contributed by atoms with van der Waals surface area (Å²) in [5.74, 6) is 8.24. The quantitative estimate of drug-likeness (QED) is 0.690. The highest BCUT2D eigenvalue weighted by molar-refractivity contribution is 5.39. The minimum atomic E-state index is -0.364. The normalized spacial score (nSPS) is 33.2. The van der Waals surface area contributed by atoms with E-state index in [1.807, 2.05) is 6.07 Å². The molecule has 0 aliphatic carbocycles. The van der Waals surface area contributed by atoms with Crippen molar-refractivity contribution >= 4 is 0 Å². The van der Waals surface area contributed by atoms with Gasteiger partial charge >= 0.3 is 0 Å². The Morgan fingerprint density at radius 3 is 2.69 bits per heavy atom. The molecule has 0 bridgehead atoms. The van der Waals surface area contributed by atoms with Gasteiger partial charge in [0, 0.05) is 11.5 Å². The number of benzene rings is 1. The molecule has 2 fully saturated rings. The predicted octanol–water partition coefficient (Wildman–Crippen LogP) is 4.57. The van der Waals surface area contributed by atoms with Crippen LogP contribution in [0.25, 0.3) is 0 Å². The number of rotatable bonds is 1. The fraction of sp³-hybridized carbons (Fsp3) is 0.652. The Balaban J connectivity index is 1.52. The maximum atomic E-state index is 6.66. The van der Waals surface area contributed by atoms with Crippen LogP contribution in [0, 0.1) is 17.8 Å². The molecular weight excluding hydrogens is 322 g/mol. The summed E-state index contributed by atoms with van der Waals surface area (Å²) < 4.78 is 13.0. The maximum absolute atomic E-state index is 6.66. The highest BCUT2D eigenvalue weighted by Crippen LogP contribution is 2.52. The number of nitrogens with zero attached hydrogens (tertiary/aromatic N) is 1. The Kier molecular flexibility index (Phi) is 4.75. The first-order valence-electron chi connectivity index (χ1n) is 10.2. The van der Waals surface area contributed by atoms with Gasteiger partial charge in [-0.15, -0.1) is 0 Å². The molecule has 0 N–H and O–H groups in total. The van der Waals surface area contributed by atoms with E-state index in [-0.39, 0.29) is 17.3 Å². The molecule has 0 amide bonds. The third-order valence-corrected chi connectivity index (χ3v) is 6.28. The average molecular weight is 354 g/mol. The molecule has 0 spiro atoms. The standard InChI is InChI=1S/C23H31NO2/c1-22(2)19-12-14-23(3,13-9-17-24-15-7-4-8-16-24)26-21(19)18-10-5-6-11-20(18)25-22/h5-6,10-11,19,21H,4,7-8,12,14-17H2,1-3H3/t19-,21-,23+/m1/s1. The van der Waals surface area contributed by atoms with Crippen molar-refractivity contribution in [2.45, 2.75) is 70.2 Å². The van der Waals surface area contributed by atoms with E-state index in [4.69, 9.17) is 9.47 Å². The van der Waals surface area contributed by atoms with Crippen LogP contribution in [-0.2, 0) is 4.74 Å². The van der Waals surface area contributed by atoms with Gasteiger partial charge < -0.3 is 9.47 Å². The molecule has 26 heavy (non-hydrogen) atoms. The van der Waals surface area contributed by atoms with E-state index < -0.39 is 0 Å². The predicted molar refractivity (Wildman–Crippen MR) is 104 cm³/mol. The van der Waals surface area contributed by atoms with Crippen LogP contribution in [0.2, 0.25) is 0 Å². The fourth-order valence-corrected chi connectivity index (χ4v) is 4.71. The molecule has 4 rings (SSSR count). The Labute approximate surface area is 158 Å². The third kappa shape index (κ3) is 3.50. The van der Waals surface area contributed by atoms with Gasteiger partial charge in [-0.25, -0.2) is 0 Å². The van der Waals surface area contributed by atoms with E-state index in [0.717, 1.165) is 25.1 Å². The number of ether oxygens (including phenoxy) is 2. The molecule has 0 radical (unpaired) electrons. The van der Waals surface area contributed by atoms with E-state index in [9.17, 15) is 0 Å². The topological polar surface area (TPSA) is 21.7 Å². The minimum Gasteiger partial charge on any atom is -0.487 e. The largest absolute Gasteiger partial charge is 0.487 e. The van der Waals surface area contributed by atoms with E-state index >= 15 is 0 Å². The molecule has 0 aromatic heterocycles. The van der Waals surface area contributed by atoms with Gasteiger partial charge in [0.05, 0.1) is 12.6 Å². The summed E-state index contributed by atoms with van der Waals surface area (Å²) in [6, 6.07) is 8.32. The van der Waals surface area contributed by atoms with Crippen LogP contribution in [0.4, 0.5) is 0 Å². The molecule has 140 valence electrons. The lowest BCUT2D eigenvalue weighted by atomic mass is 9.73. The Morgan fingerprint density at radius 2 is 1.88 bits per heavy atom. The monoisotopic (exact) mass is 353 g/mol. The lowest BCUT2D eigenvalue weighted by Gasteiger charge is -2.50. The van der Waals surface area contributed by atoms with Gasteiger partial charge in [-0.2, -0.15) is 0 Å². The first-order valence-corrected chi connectivity index (χ1v) is 10.2. The molecule has 0 saturated carbocycles. The number of piperidine rings is 1. The van der Waals surface area contributed by atoms with Crippen molar-refractivity contribution in [1.82, 2.24) is 4.90 Å². The number of likely N-dealkylation sites (tertiary alicyclic amines) is 1. The third-order valence-electron chi connectivity index (χ3n) is 6.28. The van der Waals surface area contributed by atoms with Gasteiger partial charge in [0.2, 0.25) is 0 Å². The van der Waals surface area contributed by atoms with Crippen molar-refractivity contribution < 1.29 is 9.47 Å². The van der Waals surface area contributed by atoms with Gasteiger partial charge in [-0.1, -0.05) is 36.5 Å². The summed E-state index contributed by atoms with van der Waals surface area (Å²) in [4.78, 5) is 2.47. The van der Waals surface area contributed by atoms with Crippen molar-refractivity contribution in [3.8, 4) is 17.6 Å². The van der Waals surface area contributed by atoms with Crippen molar-refractivity contribution in [3.05, 3.63) is 29.8 Å². The summed E-state index contributed by atoms with van der Waals surface area (Å²) in [7, 11) is 0. The Morgan fingerprint density at radius 1 is 1.12 bits per heavy atom. The van der Waals surface area contributed by atoms with Gasteiger partial charge in [-0.3, -0.25) is 4.90 Å². The SMILES string of the molecule is CC1(C)Oc2ccccc2[C@H]2O[C@@](C)(C#CCN3CCCCC3)CC[C@H]21. The summed E-state index contributed by atoms with van der Waals surface area (Å²) in [6.07, 6.45) is 6.11. The van der Waals surface area contributed by atoms with Crippen LogP contribution in [0.5, 0.6) is 5.75 Å². The van der Waals surface area contributed by atoms with Crippen LogP contribution in [0.3, 0.4) is 0 Å². The van der Waals surface area contributed by atoms with Crippen molar-refractivity contribution in [2.24, 2.45) is 5.92 Å². The molecule has 3 atom stereocenters. The second-order valence-corrected chi connectivity index (χ2v) is 8.80. The zero-order valence-electron chi connectivity index (χ0n) is 16.4. The molecule has 3 heterocycles.